The monoisotopic (exact) mass is 487 g/mol. The van der Waals surface area contributed by atoms with Crippen molar-refractivity contribution in [2.24, 2.45) is 0 Å². The maximum absolute atomic E-state index is 13.0. The molecule has 0 saturated carbocycles. The van der Waals surface area contributed by atoms with Crippen LogP contribution >= 0.6 is 27.3 Å². The number of nitrogens with one attached hydrogen (secondary N) is 1. The standard InChI is InChI=1S/C21H15BrFN3O3S/c22-13-3-6-16-17(10-13)20(29)26(19(16)28)8-7-18(27)25-21-24-11-15(30-21)9-12-1-4-14(23)5-2-12/h1-6,10-11H,7-9H2,(H,24,25,27). The summed E-state index contributed by atoms with van der Waals surface area (Å²) in [6.45, 7) is -0.0103. The highest BCUT2D eigenvalue weighted by Gasteiger charge is 2.35. The first-order chi connectivity index (χ1) is 14.4. The molecule has 9 heteroatoms. The summed E-state index contributed by atoms with van der Waals surface area (Å²) in [6.07, 6.45) is 2.21. The van der Waals surface area contributed by atoms with Crippen LogP contribution in [0.15, 0.2) is 53.1 Å². The van der Waals surface area contributed by atoms with Gasteiger partial charge in [-0.3, -0.25) is 19.3 Å². The van der Waals surface area contributed by atoms with Gasteiger partial charge in [0.05, 0.1) is 11.1 Å². The summed E-state index contributed by atoms with van der Waals surface area (Å²) in [5.41, 5.74) is 1.62. The number of hydrogen-bond acceptors (Lipinski definition) is 5. The van der Waals surface area contributed by atoms with Gasteiger partial charge in [-0.15, -0.1) is 11.3 Å². The molecule has 0 bridgehead atoms. The fraction of sp³-hybridized carbons (Fsp3) is 0.143. The van der Waals surface area contributed by atoms with Crippen LogP contribution in [0.2, 0.25) is 0 Å². The molecule has 3 amide bonds. The lowest BCUT2D eigenvalue weighted by Crippen LogP contribution is -2.32. The molecular weight excluding hydrogens is 473 g/mol. The van der Waals surface area contributed by atoms with Gasteiger partial charge in [-0.1, -0.05) is 28.1 Å². The Hall–Kier alpha value is -2.91. The number of nitrogens with zero attached hydrogens (tertiary/aromatic N) is 2. The number of rotatable bonds is 6. The first kappa shape index (κ1) is 20.4. The van der Waals surface area contributed by atoms with Crippen LogP contribution in [0.1, 0.15) is 37.6 Å². The molecule has 1 aliphatic rings. The van der Waals surface area contributed by atoms with Crippen LogP contribution in [0.3, 0.4) is 0 Å². The SMILES string of the molecule is O=C(CCN1C(=O)c2ccc(Br)cc2C1=O)Nc1ncc(Cc2ccc(F)cc2)s1. The number of fused-ring (bicyclic) bond motifs is 1. The number of carbonyl (C=O) groups excluding carboxylic acids is 3. The minimum atomic E-state index is -0.403. The summed E-state index contributed by atoms with van der Waals surface area (Å²) >= 11 is 4.61. The van der Waals surface area contributed by atoms with E-state index in [-0.39, 0.29) is 24.7 Å². The van der Waals surface area contributed by atoms with Crippen molar-refractivity contribution in [2.45, 2.75) is 12.8 Å². The van der Waals surface area contributed by atoms with Crippen molar-refractivity contribution in [1.82, 2.24) is 9.88 Å². The maximum Gasteiger partial charge on any atom is 0.261 e. The van der Waals surface area contributed by atoms with Crippen LogP contribution in [0, 0.1) is 5.82 Å². The largest absolute Gasteiger partial charge is 0.302 e. The Bertz CT molecular complexity index is 1150. The number of amides is 3. The molecule has 0 spiro atoms. The maximum atomic E-state index is 13.0. The van der Waals surface area contributed by atoms with E-state index in [1.54, 1.807) is 36.5 Å². The van der Waals surface area contributed by atoms with Gasteiger partial charge in [-0.2, -0.15) is 0 Å². The average Bonchev–Trinajstić information content (AvgIpc) is 3.24. The Balaban J connectivity index is 1.32. The van der Waals surface area contributed by atoms with E-state index in [2.05, 4.69) is 26.2 Å². The third kappa shape index (κ3) is 4.31. The first-order valence-electron chi connectivity index (χ1n) is 9.05. The molecule has 0 unspecified atom stereocenters. The van der Waals surface area contributed by atoms with Crippen LogP contribution in [0.5, 0.6) is 0 Å². The second-order valence-corrected chi connectivity index (χ2v) is 8.72. The zero-order valence-electron chi connectivity index (χ0n) is 15.5. The number of anilines is 1. The number of halogens is 2. The Morgan fingerprint density at radius 1 is 1.10 bits per heavy atom. The van der Waals surface area contributed by atoms with Gasteiger partial charge in [-0.25, -0.2) is 9.37 Å². The van der Waals surface area contributed by atoms with Crippen LogP contribution in [-0.2, 0) is 11.2 Å². The second-order valence-electron chi connectivity index (χ2n) is 6.68. The van der Waals surface area contributed by atoms with Gasteiger partial charge in [0.2, 0.25) is 5.91 Å². The predicted molar refractivity (Wildman–Crippen MR) is 114 cm³/mol. The molecule has 152 valence electrons. The van der Waals surface area contributed by atoms with E-state index in [1.165, 1.54) is 23.5 Å². The smallest absolute Gasteiger partial charge is 0.261 e. The van der Waals surface area contributed by atoms with E-state index in [0.29, 0.717) is 27.2 Å². The van der Waals surface area contributed by atoms with Gasteiger partial charge in [0.15, 0.2) is 5.13 Å². The van der Waals surface area contributed by atoms with E-state index < -0.39 is 11.8 Å². The number of thiazole rings is 1. The van der Waals surface area contributed by atoms with Gasteiger partial charge < -0.3 is 5.32 Å². The van der Waals surface area contributed by atoms with Crippen molar-refractivity contribution >= 4 is 50.1 Å². The molecule has 6 nitrogen and oxygen atoms in total. The minimum absolute atomic E-state index is 0.0103. The highest BCUT2D eigenvalue weighted by molar-refractivity contribution is 9.10. The molecule has 1 aromatic heterocycles. The number of imide groups is 1. The van der Waals surface area contributed by atoms with Crippen molar-refractivity contribution in [1.29, 1.82) is 0 Å². The molecule has 2 aromatic carbocycles. The molecule has 30 heavy (non-hydrogen) atoms. The Morgan fingerprint density at radius 3 is 2.60 bits per heavy atom. The molecule has 0 fully saturated rings. The summed E-state index contributed by atoms with van der Waals surface area (Å²) in [7, 11) is 0. The Labute approximate surface area is 183 Å². The van der Waals surface area contributed by atoms with E-state index in [0.717, 1.165) is 15.3 Å². The van der Waals surface area contributed by atoms with Crippen molar-refractivity contribution in [3.8, 4) is 0 Å². The van der Waals surface area contributed by atoms with Crippen LogP contribution < -0.4 is 5.32 Å². The van der Waals surface area contributed by atoms with Crippen LogP contribution in [0.25, 0.3) is 0 Å². The molecule has 1 N–H and O–H groups in total. The summed E-state index contributed by atoms with van der Waals surface area (Å²) in [5.74, 6) is -1.43. The third-order valence-corrected chi connectivity index (χ3v) is 5.99. The molecule has 3 aromatic rings. The third-order valence-electron chi connectivity index (χ3n) is 4.59. The second kappa shape index (κ2) is 8.45. The van der Waals surface area contributed by atoms with Gasteiger partial charge in [0, 0.05) is 34.9 Å². The lowest BCUT2D eigenvalue weighted by Gasteiger charge is -2.12. The lowest BCUT2D eigenvalue weighted by atomic mass is 10.1. The van der Waals surface area contributed by atoms with Gasteiger partial charge in [0.25, 0.3) is 11.8 Å². The first-order valence-corrected chi connectivity index (χ1v) is 10.7. The number of carbonyl (C=O) groups is 3. The Morgan fingerprint density at radius 2 is 1.83 bits per heavy atom. The van der Waals surface area contributed by atoms with Gasteiger partial charge in [-0.05, 0) is 35.9 Å². The number of hydrogen-bond donors (Lipinski definition) is 1. The molecule has 0 radical (unpaired) electrons. The normalized spacial score (nSPS) is 12.9. The highest BCUT2D eigenvalue weighted by atomic mass is 79.9. The Kier molecular flexibility index (Phi) is 5.74. The zero-order valence-corrected chi connectivity index (χ0v) is 17.9. The minimum Gasteiger partial charge on any atom is -0.302 e. The number of benzene rings is 2. The quantitative estimate of drug-likeness (QED) is 0.526. The average molecular weight is 488 g/mol. The fourth-order valence-electron chi connectivity index (χ4n) is 3.11. The van der Waals surface area contributed by atoms with E-state index >= 15 is 0 Å². The molecule has 4 rings (SSSR count). The number of aromatic nitrogens is 1. The summed E-state index contributed by atoms with van der Waals surface area (Å²) in [6, 6.07) is 11.1. The molecular formula is C21H15BrFN3O3S. The van der Waals surface area contributed by atoms with Crippen molar-refractivity contribution in [3.05, 3.63) is 80.5 Å². The zero-order chi connectivity index (χ0) is 21.3. The molecule has 0 saturated heterocycles. The summed E-state index contributed by atoms with van der Waals surface area (Å²) < 4.78 is 13.7. The molecule has 1 aliphatic heterocycles. The summed E-state index contributed by atoms with van der Waals surface area (Å²) in [5, 5.41) is 3.13. The van der Waals surface area contributed by atoms with Crippen LogP contribution in [-0.4, -0.2) is 34.2 Å². The van der Waals surface area contributed by atoms with E-state index in [9.17, 15) is 18.8 Å². The highest BCUT2D eigenvalue weighted by Crippen LogP contribution is 2.26. The van der Waals surface area contributed by atoms with Crippen molar-refractivity contribution < 1.29 is 18.8 Å². The fourth-order valence-corrected chi connectivity index (χ4v) is 4.34. The van der Waals surface area contributed by atoms with Crippen LogP contribution in [0.4, 0.5) is 9.52 Å². The predicted octanol–water partition coefficient (Wildman–Crippen LogP) is 4.26. The van der Waals surface area contributed by atoms with E-state index in [1.807, 2.05) is 0 Å². The van der Waals surface area contributed by atoms with Crippen molar-refractivity contribution in [2.75, 3.05) is 11.9 Å². The molecule has 0 atom stereocenters. The molecule has 2 heterocycles. The topological polar surface area (TPSA) is 79.4 Å². The summed E-state index contributed by atoms with van der Waals surface area (Å²) in [4.78, 5) is 43.3. The lowest BCUT2D eigenvalue weighted by molar-refractivity contribution is -0.116. The van der Waals surface area contributed by atoms with E-state index in [4.69, 9.17) is 0 Å². The van der Waals surface area contributed by atoms with Gasteiger partial charge >= 0.3 is 0 Å². The van der Waals surface area contributed by atoms with Crippen molar-refractivity contribution in [3.63, 3.8) is 0 Å². The van der Waals surface area contributed by atoms with Gasteiger partial charge in [0.1, 0.15) is 5.82 Å². The molecule has 0 aliphatic carbocycles.